The second kappa shape index (κ2) is 11.8. The van der Waals surface area contributed by atoms with Crippen molar-refractivity contribution in [2.75, 3.05) is 42.7 Å². The highest BCUT2D eigenvalue weighted by molar-refractivity contribution is 7.93. The van der Waals surface area contributed by atoms with Crippen molar-refractivity contribution in [3.8, 4) is 34.5 Å². The lowest BCUT2D eigenvalue weighted by Crippen LogP contribution is -2.26. The van der Waals surface area contributed by atoms with Crippen LogP contribution in [0, 0.1) is 0 Å². The van der Waals surface area contributed by atoms with E-state index < -0.39 is 15.9 Å². The first kappa shape index (κ1) is 26.4. The standard InChI is InChI=1S/C23H27NO9S/c1-28-17-11-15(12-18(29-2)22(17)32-5)7-8-21(25)24-34(26,27)10-9-16-13-19(30-3)23(33-6)20(14-16)31-4/h7-14H,1-6H3,(H,24,25)/b8-7-,10-9+. The van der Waals surface area contributed by atoms with Crippen LogP contribution in [-0.4, -0.2) is 57.0 Å². The summed E-state index contributed by atoms with van der Waals surface area (Å²) >= 11 is 0. The molecule has 0 unspecified atom stereocenters. The molecule has 11 heteroatoms. The number of nitrogens with one attached hydrogen (secondary N) is 1. The summed E-state index contributed by atoms with van der Waals surface area (Å²) in [5.74, 6) is 1.42. The summed E-state index contributed by atoms with van der Waals surface area (Å²) in [5, 5.41) is 0.860. The molecule has 2 aromatic carbocycles. The number of carbonyl (C=O) groups is 1. The number of hydrogen-bond acceptors (Lipinski definition) is 9. The highest BCUT2D eigenvalue weighted by Crippen LogP contribution is 2.39. The third-order valence-electron chi connectivity index (χ3n) is 4.48. The van der Waals surface area contributed by atoms with Gasteiger partial charge in [-0.25, -0.2) is 13.1 Å². The molecule has 0 saturated heterocycles. The fraction of sp³-hybridized carbons (Fsp3) is 0.261. The molecule has 0 radical (unpaired) electrons. The Hall–Kier alpha value is -3.86. The minimum atomic E-state index is -4.09. The highest BCUT2D eigenvalue weighted by atomic mass is 32.2. The largest absolute Gasteiger partial charge is 0.493 e. The number of methoxy groups -OCH3 is 6. The van der Waals surface area contributed by atoms with Gasteiger partial charge in [0.15, 0.2) is 23.0 Å². The Morgan fingerprint density at radius 2 is 1.06 bits per heavy atom. The van der Waals surface area contributed by atoms with E-state index in [1.54, 1.807) is 24.3 Å². The molecule has 0 aliphatic heterocycles. The van der Waals surface area contributed by atoms with Gasteiger partial charge in [-0.15, -0.1) is 0 Å². The Morgan fingerprint density at radius 3 is 1.41 bits per heavy atom. The molecule has 0 aromatic heterocycles. The molecule has 0 saturated carbocycles. The molecule has 1 amide bonds. The van der Waals surface area contributed by atoms with Crippen molar-refractivity contribution >= 4 is 28.1 Å². The Morgan fingerprint density at radius 1 is 0.676 bits per heavy atom. The smallest absolute Gasteiger partial charge is 0.257 e. The number of hydrogen-bond donors (Lipinski definition) is 1. The summed E-state index contributed by atoms with van der Waals surface area (Å²) in [6.45, 7) is 0. The Kier molecular flexibility index (Phi) is 9.19. The molecular formula is C23H27NO9S. The maximum absolute atomic E-state index is 12.3. The predicted octanol–water partition coefficient (Wildman–Crippen LogP) is 2.87. The van der Waals surface area contributed by atoms with E-state index >= 15 is 0 Å². The summed E-state index contributed by atoms with van der Waals surface area (Å²) in [4.78, 5) is 12.2. The van der Waals surface area contributed by atoms with Crippen LogP contribution in [0.25, 0.3) is 12.2 Å². The van der Waals surface area contributed by atoms with E-state index in [1.807, 2.05) is 4.72 Å². The topological polar surface area (TPSA) is 119 Å². The lowest BCUT2D eigenvalue weighted by molar-refractivity contribution is -0.114. The number of rotatable bonds is 11. The zero-order valence-electron chi connectivity index (χ0n) is 19.7. The monoisotopic (exact) mass is 493 g/mol. The van der Waals surface area contributed by atoms with E-state index in [0.717, 1.165) is 11.5 Å². The number of benzene rings is 2. The molecule has 0 aliphatic rings. The van der Waals surface area contributed by atoms with Crippen molar-refractivity contribution in [3.63, 3.8) is 0 Å². The Bertz CT molecular complexity index is 1140. The lowest BCUT2D eigenvalue weighted by Gasteiger charge is -2.13. The molecule has 184 valence electrons. The molecule has 34 heavy (non-hydrogen) atoms. The van der Waals surface area contributed by atoms with E-state index in [9.17, 15) is 13.2 Å². The van der Waals surface area contributed by atoms with E-state index in [-0.39, 0.29) is 0 Å². The van der Waals surface area contributed by atoms with Crippen molar-refractivity contribution in [1.29, 1.82) is 0 Å². The second-order valence-corrected chi connectivity index (χ2v) is 8.13. The van der Waals surface area contributed by atoms with Gasteiger partial charge in [0.05, 0.1) is 48.1 Å². The summed E-state index contributed by atoms with van der Waals surface area (Å²) in [7, 11) is 4.66. The normalized spacial score (nSPS) is 11.4. The fourth-order valence-corrected chi connectivity index (χ4v) is 3.70. The van der Waals surface area contributed by atoms with Gasteiger partial charge in [0.2, 0.25) is 11.5 Å². The molecule has 1 N–H and O–H groups in total. The van der Waals surface area contributed by atoms with E-state index in [4.69, 9.17) is 28.4 Å². The molecular weight excluding hydrogens is 466 g/mol. The van der Waals surface area contributed by atoms with E-state index in [1.165, 1.54) is 54.8 Å². The Labute approximate surface area is 198 Å². The maximum Gasteiger partial charge on any atom is 0.257 e. The average molecular weight is 494 g/mol. The van der Waals surface area contributed by atoms with Gasteiger partial charge in [-0.2, -0.15) is 0 Å². The van der Waals surface area contributed by atoms with Crippen LogP contribution in [0.2, 0.25) is 0 Å². The average Bonchev–Trinajstić information content (AvgIpc) is 2.84. The third kappa shape index (κ3) is 6.58. The van der Waals surface area contributed by atoms with Crippen molar-refractivity contribution in [2.45, 2.75) is 0 Å². The summed E-state index contributed by atoms with van der Waals surface area (Å²) in [6, 6.07) is 6.37. The molecule has 2 rings (SSSR count). The van der Waals surface area contributed by atoms with Crippen molar-refractivity contribution in [2.24, 2.45) is 0 Å². The first-order chi connectivity index (χ1) is 16.2. The minimum Gasteiger partial charge on any atom is -0.493 e. The van der Waals surface area contributed by atoms with Gasteiger partial charge < -0.3 is 28.4 Å². The first-order valence-corrected chi connectivity index (χ1v) is 11.3. The first-order valence-electron chi connectivity index (χ1n) is 9.74. The van der Waals surface area contributed by atoms with Crippen molar-refractivity contribution in [1.82, 2.24) is 4.72 Å². The molecule has 0 atom stereocenters. The van der Waals surface area contributed by atoms with Gasteiger partial charge in [0, 0.05) is 6.08 Å². The van der Waals surface area contributed by atoms with Crippen molar-refractivity contribution in [3.05, 3.63) is 46.9 Å². The highest BCUT2D eigenvalue weighted by Gasteiger charge is 2.15. The minimum absolute atomic E-state index is 0.358. The molecule has 0 bridgehead atoms. The molecule has 0 heterocycles. The summed E-state index contributed by atoms with van der Waals surface area (Å²) in [6.07, 6.45) is 3.78. The van der Waals surface area contributed by atoms with Gasteiger partial charge in [0.1, 0.15) is 0 Å². The zero-order chi connectivity index (χ0) is 25.3. The van der Waals surface area contributed by atoms with Crippen LogP contribution in [0.1, 0.15) is 11.1 Å². The fourth-order valence-electron chi connectivity index (χ4n) is 2.94. The Balaban J connectivity index is 2.19. The van der Waals surface area contributed by atoms with Crippen LogP contribution in [0.3, 0.4) is 0 Å². The van der Waals surface area contributed by atoms with Gasteiger partial charge in [-0.05, 0) is 47.5 Å². The van der Waals surface area contributed by atoms with Crippen LogP contribution in [0.15, 0.2) is 35.7 Å². The molecule has 0 aliphatic carbocycles. The van der Waals surface area contributed by atoms with Gasteiger partial charge in [-0.1, -0.05) is 0 Å². The molecule has 0 fully saturated rings. The third-order valence-corrected chi connectivity index (χ3v) is 5.46. The van der Waals surface area contributed by atoms with Gasteiger partial charge in [0.25, 0.3) is 15.9 Å². The number of carbonyl (C=O) groups excluding carboxylic acids is 1. The van der Waals surface area contributed by atoms with E-state index in [0.29, 0.717) is 45.6 Å². The zero-order valence-corrected chi connectivity index (χ0v) is 20.5. The number of sulfonamides is 1. The van der Waals surface area contributed by atoms with Crippen molar-refractivity contribution < 1.29 is 41.6 Å². The van der Waals surface area contributed by atoms with Crippen LogP contribution in [0.4, 0.5) is 0 Å². The molecule has 0 spiro atoms. The summed E-state index contributed by atoms with van der Waals surface area (Å²) < 4.78 is 58.1. The molecule has 2 aromatic rings. The van der Waals surface area contributed by atoms with Crippen LogP contribution < -0.4 is 33.1 Å². The SMILES string of the molecule is COc1cc(/C=C\C(=O)NS(=O)(=O)/C=C/c2cc(OC)c(OC)c(OC)c2)cc(OC)c1OC. The quantitative estimate of drug-likeness (QED) is 0.471. The maximum atomic E-state index is 12.3. The second-order valence-electron chi connectivity index (χ2n) is 6.56. The van der Waals surface area contributed by atoms with E-state index in [2.05, 4.69) is 0 Å². The lowest BCUT2D eigenvalue weighted by atomic mass is 10.1. The predicted molar refractivity (Wildman–Crippen MR) is 127 cm³/mol. The number of ether oxygens (including phenoxy) is 6. The van der Waals surface area contributed by atoms with Gasteiger partial charge in [-0.3, -0.25) is 4.79 Å². The van der Waals surface area contributed by atoms with Crippen LogP contribution in [0.5, 0.6) is 34.5 Å². The number of amides is 1. The van der Waals surface area contributed by atoms with Crippen LogP contribution >= 0.6 is 0 Å². The van der Waals surface area contributed by atoms with Gasteiger partial charge >= 0.3 is 0 Å². The molecule has 10 nitrogen and oxygen atoms in total. The summed E-state index contributed by atoms with van der Waals surface area (Å²) in [5.41, 5.74) is 0.996. The van der Waals surface area contributed by atoms with Crippen LogP contribution in [-0.2, 0) is 14.8 Å².